The van der Waals surface area contributed by atoms with Crippen molar-refractivity contribution in [1.82, 2.24) is 9.78 Å². The summed E-state index contributed by atoms with van der Waals surface area (Å²) in [7, 11) is 0. The molecule has 1 aromatic carbocycles. The molecule has 0 aliphatic heterocycles. The Balaban J connectivity index is 2.01. The van der Waals surface area contributed by atoms with E-state index in [2.05, 4.69) is 5.10 Å². The topological polar surface area (TPSA) is 43.8 Å². The van der Waals surface area contributed by atoms with Crippen LogP contribution < -0.4 is 5.73 Å². The first-order valence-electron chi connectivity index (χ1n) is 5.73. The molecule has 17 heavy (non-hydrogen) atoms. The molecule has 0 spiro atoms. The van der Waals surface area contributed by atoms with Crippen LogP contribution in [0.4, 0.5) is 4.39 Å². The Labute approximate surface area is 99.1 Å². The van der Waals surface area contributed by atoms with Crippen LogP contribution in [-0.4, -0.2) is 15.8 Å². The third-order valence-corrected chi connectivity index (χ3v) is 3.27. The van der Waals surface area contributed by atoms with Gasteiger partial charge in [0.1, 0.15) is 0 Å². The van der Waals surface area contributed by atoms with Gasteiger partial charge in [-0.1, -0.05) is 18.2 Å². The van der Waals surface area contributed by atoms with Crippen molar-refractivity contribution in [2.24, 2.45) is 5.73 Å². The van der Waals surface area contributed by atoms with E-state index in [9.17, 15) is 4.39 Å². The smallest absolute Gasteiger partial charge is 0.155 e. The second kappa shape index (κ2) is 3.67. The molecular formula is C13H14FN3. The molecule has 1 aliphatic rings. The van der Waals surface area contributed by atoms with E-state index in [0.29, 0.717) is 18.5 Å². The van der Waals surface area contributed by atoms with Gasteiger partial charge in [-0.25, -0.2) is 9.07 Å². The van der Waals surface area contributed by atoms with Crippen LogP contribution in [0.3, 0.4) is 0 Å². The lowest BCUT2D eigenvalue weighted by Gasteiger charge is -2.39. The van der Waals surface area contributed by atoms with Crippen LogP contribution in [0.5, 0.6) is 0 Å². The van der Waals surface area contributed by atoms with Crippen molar-refractivity contribution in [3.8, 4) is 5.69 Å². The molecule has 4 heteroatoms. The Hall–Kier alpha value is -1.68. The zero-order valence-corrected chi connectivity index (χ0v) is 9.38. The van der Waals surface area contributed by atoms with E-state index in [4.69, 9.17) is 5.73 Å². The minimum Gasteiger partial charge on any atom is -0.327 e. The van der Waals surface area contributed by atoms with Crippen molar-refractivity contribution in [2.45, 2.75) is 24.6 Å². The van der Waals surface area contributed by atoms with Crippen LogP contribution in [0, 0.1) is 0 Å². The SMILES string of the molecule is NC1CC(F)(c2ccnn2-c2ccccc2)C1. The second-order valence-electron chi connectivity index (χ2n) is 4.60. The molecule has 0 bridgehead atoms. The van der Waals surface area contributed by atoms with Crippen molar-refractivity contribution >= 4 is 0 Å². The molecule has 0 saturated heterocycles. The maximum Gasteiger partial charge on any atom is 0.155 e. The van der Waals surface area contributed by atoms with Gasteiger partial charge in [0, 0.05) is 25.1 Å². The average molecular weight is 231 g/mol. The van der Waals surface area contributed by atoms with Crippen LogP contribution in [0.25, 0.3) is 5.69 Å². The van der Waals surface area contributed by atoms with Gasteiger partial charge in [-0.05, 0) is 18.2 Å². The number of rotatable bonds is 2. The predicted octanol–water partition coefficient (Wildman–Crippen LogP) is 2.16. The molecule has 1 fully saturated rings. The average Bonchev–Trinajstić information content (AvgIpc) is 2.77. The fourth-order valence-electron chi connectivity index (χ4n) is 2.40. The summed E-state index contributed by atoms with van der Waals surface area (Å²) in [5.74, 6) is 0. The van der Waals surface area contributed by atoms with Crippen molar-refractivity contribution in [3.05, 3.63) is 48.3 Å². The largest absolute Gasteiger partial charge is 0.327 e. The molecule has 88 valence electrons. The molecular weight excluding hydrogens is 217 g/mol. The standard InChI is InChI=1S/C13H14FN3/c14-13(8-10(15)9-13)12-6-7-16-17(12)11-4-2-1-3-5-11/h1-7,10H,8-9,15H2. The van der Waals surface area contributed by atoms with E-state index in [1.54, 1.807) is 16.9 Å². The summed E-state index contributed by atoms with van der Waals surface area (Å²) in [5.41, 5.74) is 5.85. The van der Waals surface area contributed by atoms with Gasteiger partial charge in [-0.3, -0.25) is 0 Å². The molecule has 1 aliphatic carbocycles. The van der Waals surface area contributed by atoms with E-state index in [-0.39, 0.29) is 6.04 Å². The number of benzene rings is 1. The first kappa shape index (κ1) is 10.5. The fraction of sp³-hybridized carbons (Fsp3) is 0.308. The van der Waals surface area contributed by atoms with E-state index < -0.39 is 5.67 Å². The lowest BCUT2D eigenvalue weighted by molar-refractivity contribution is 0.0335. The zero-order valence-electron chi connectivity index (χ0n) is 9.38. The number of halogens is 1. The van der Waals surface area contributed by atoms with Crippen LogP contribution in [0.2, 0.25) is 0 Å². The number of nitrogens with two attached hydrogens (primary N) is 1. The van der Waals surface area contributed by atoms with Gasteiger partial charge in [0.15, 0.2) is 5.67 Å². The van der Waals surface area contributed by atoms with Crippen molar-refractivity contribution in [1.29, 1.82) is 0 Å². The molecule has 0 unspecified atom stereocenters. The molecule has 0 amide bonds. The van der Waals surface area contributed by atoms with Crippen molar-refractivity contribution in [3.63, 3.8) is 0 Å². The first-order chi connectivity index (χ1) is 8.19. The van der Waals surface area contributed by atoms with Gasteiger partial charge < -0.3 is 5.73 Å². The molecule has 2 aromatic rings. The van der Waals surface area contributed by atoms with Gasteiger partial charge in [0.2, 0.25) is 0 Å². The summed E-state index contributed by atoms with van der Waals surface area (Å²) < 4.78 is 16.2. The monoisotopic (exact) mass is 231 g/mol. The van der Waals surface area contributed by atoms with Crippen LogP contribution >= 0.6 is 0 Å². The second-order valence-corrected chi connectivity index (χ2v) is 4.60. The third kappa shape index (κ3) is 1.65. The Morgan fingerprint density at radius 2 is 1.94 bits per heavy atom. The fourth-order valence-corrected chi connectivity index (χ4v) is 2.40. The first-order valence-corrected chi connectivity index (χ1v) is 5.73. The van der Waals surface area contributed by atoms with Gasteiger partial charge >= 0.3 is 0 Å². The summed E-state index contributed by atoms with van der Waals surface area (Å²) in [5, 5.41) is 4.20. The van der Waals surface area contributed by atoms with E-state index in [0.717, 1.165) is 5.69 Å². The Kier molecular flexibility index (Phi) is 2.26. The lowest BCUT2D eigenvalue weighted by Crippen LogP contribution is -2.47. The van der Waals surface area contributed by atoms with Gasteiger partial charge in [0.05, 0.1) is 11.4 Å². The number of nitrogens with zero attached hydrogens (tertiary/aromatic N) is 2. The number of para-hydroxylation sites is 1. The summed E-state index contributed by atoms with van der Waals surface area (Å²) in [4.78, 5) is 0. The molecule has 0 atom stereocenters. The van der Waals surface area contributed by atoms with Crippen LogP contribution in [-0.2, 0) is 5.67 Å². The summed E-state index contributed by atoms with van der Waals surface area (Å²) in [6.07, 6.45) is 2.39. The minimum absolute atomic E-state index is 0.0286. The van der Waals surface area contributed by atoms with E-state index in [1.807, 2.05) is 30.3 Å². The van der Waals surface area contributed by atoms with Crippen molar-refractivity contribution in [2.75, 3.05) is 0 Å². The highest BCUT2D eigenvalue weighted by molar-refractivity contribution is 5.35. The Bertz CT molecular complexity index is 514. The molecule has 2 N–H and O–H groups in total. The maximum atomic E-state index is 14.5. The summed E-state index contributed by atoms with van der Waals surface area (Å²) in [6.45, 7) is 0. The van der Waals surface area contributed by atoms with Crippen LogP contribution in [0.15, 0.2) is 42.6 Å². The number of hydrogen-bond acceptors (Lipinski definition) is 2. The number of hydrogen-bond donors (Lipinski definition) is 1. The summed E-state index contributed by atoms with van der Waals surface area (Å²) in [6, 6.07) is 11.3. The predicted molar refractivity (Wildman–Crippen MR) is 63.6 cm³/mol. The highest BCUT2D eigenvalue weighted by Crippen LogP contribution is 2.44. The quantitative estimate of drug-likeness (QED) is 0.860. The van der Waals surface area contributed by atoms with Crippen LogP contribution in [0.1, 0.15) is 18.5 Å². The molecule has 0 radical (unpaired) electrons. The maximum absolute atomic E-state index is 14.5. The Morgan fingerprint density at radius 3 is 2.59 bits per heavy atom. The zero-order chi connectivity index (χ0) is 11.9. The molecule has 3 rings (SSSR count). The van der Waals surface area contributed by atoms with E-state index >= 15 is 0 Å². The highest BCUT2D eigenvalue weighted by atomic mass is 19.1. The Morgan fingerprint density at radius 1 is 1.24 bits per heavy atom. The molecule has 1 heterocycles. The summed E-state index contributed by atoms with van der Waals surface area (Å²) >= 11 is 0. The van der Waals surface area contributed by atoms with Gasteiger partial charge in [-0.2, -0.15) is 5.10 Å². The third-order valence-electron chi connectivity index (χ3n) is 3.27. The highest BCUT2D eigenvalue weighted by Gasteiger charge is 2.46. The van der Waals surface area contributed by atoms with Crippen molar-refractivity contribution < 1.29 is 4.39 Å². The number of alkyl halides is 1. The van der Waals surface area contributed by atoms with Gasteiger partial charge in [0.25, 0.3) is 0 Å². The molecule has 3 nitrogen and oxygen atoms in total. The van der Waals surface area contributed by atoms with E-state index in [1.165, 1.54) is 0 Å². The normalized spacial score (nSPS) is 27.8. The van der Waals surface area contributed by atoms with Gasteiger partial charge in [-0.15, -0.1) is 0 Å². The number of aromatic nitrogens is 2. The molecule has 1 saturated carbocycles. The minimum atomic E-state index is -1.31. The lowest BCUT2D eigenvalue weighted by atomic mass is 9.75. The molecule has 1 aromatic heterocycles.